The van der Waals surface area contributed by atoms with Gasteiger partial charge >= 0.3 is 0 Å². The number of thioether (sulfide) groups is 1. The largest absolute Gasteiger partial charge is 0.461 e. The van der Waals surface area contributed by atoms with Crippen LogP contribution in [0, 0.1) is 0 Å². The van der Waals surface area contributed by atoms with E-state index < -0.39 is 0 Å². The molecule has 0 saturated carbocycles. The van der Waals surface area contributed by atoms with Gasteiger partial charge in [0, 0.05) is 12.7 Å². The van der Waals surface area contributed by atoms with Gasteiger partial charge in [0.25, 0.3) is 0 Å². The van der Waals surface area contributed by atoms with E-state index in [1.54, 1.807) is 6.26 Å². The minimum atomic E-state index is 0.0823. The van der Waals surface area contributed by atoms with Crippen molar-refractivity contribution < 1.29 is 9.21 Å². The van der Waals surface area contributed by atoms with E-state index in [9.17, 15) is 4.79 Å². The van der Waals surface area contributed by atoms with Crippen LogP contribution in [0.5, 0.6) is 0 Å². The van der Waals surface area contributed by atoms with Gasteiger partial charge in [-0.15, -0.1) is 10.2 Å². The second kappa shape index (κ2) is 9.04. The SMILES string of the molecule is CN(C(=O)CSc1nnc(-c2ccco2)n1-c1ccccc1)[C@@H]1CCCc2ccccc21. The molecule has 0 fully saturated rings. The highest BCUT2D eigenvalue weighted by molar-refractivity contribution is 7.99. The Bertz CT molecular complexity index is 1200. The molecule has 1 amide bonds. The molecular weight excluding hydrogens is 420 g/mol. The highest BCUT2D eigenvalue weighted by Crippen LogP contribution is 2.34. The number of benzene rings is 2. The van der Waals surface area contributed by atoms with Crippen molar-refractivity contribution in [3.05, 3.63) is 84.1 Å². The highest BCUT2D eigenvalue weighted by atomic mass is 32.2. The molecule has 0 unspecified atom stereocenters. The van der Waals surface area contributed by atoms with Gasteiger partial charge in [-0.05, 0) is 54.7 Å². The summed E-state index contributed by atoms with van der Waals surface area (Å²) in [6.07, 6.45) is 4.79. The molecule has 2 heterocycles. The van der Waals surface area contributed by atoms with E-state index in [1.807, 2.05) is 59.0 Å². The van der Waals surface area contributed by atoms with Crippen molar-refractivity contribution in [3.8, 4) is 17.3 Å². The Morgan fingerprint density at radius 1 is 1.09 bits per heavy atom. The second-order valence-corrected chi connectivity index (χ2v) is 8.80. The smallest absolute Gasteiger partial charge is 0.233 e. The lowest BCUT2D eigenvalue weighted by molar-refractivity contribution is -0.129. The molecule has 5 rings (SSSR count). The molecular formula is C25H24N4O2S. The number of fused-ring (bicyclic) bond motifs is 1. The van der Waals surface area contributed by atoms with Gasteiger partial charge in [0.15, 0.2) is 10.9 Å². The molecule has 1 aliphatic carbocycles. The summed E-state index contributed by atoms with van der Waals surface area (Å²) in [4.78, 5) is 15.0. The molecule has 0 radical (unpaired) electrons. The summed E-state index contributed by atoms with van der Waals surface area (Å²) in [6.45, 7) is 0. The fourth-order valence-corrected chi connectivity index (χ4v) is 5.15. The number of amides is 1. The normalized spacial score (nSPS) is 15.3. The fraction of sp³-hybridized carbons (Fsp3) is 0.240. The number of carbonyl (C=O) groups excluding carboxylic acids is 1. The lowest BCUT2D eigenvalue weighted by Gasteiger charge is -2.33. The van der Waals surface area contributed by atoms with Crippen molar-refractivity contribution in [1.82, 2.24) is 19.7 Å². The Hall–Kier alpha value is -3.32. The Morgan fingerprint density at radius 2 is 1.91 bits per heavy atom. The summed E-state index contributed by atoms with van der Waals surface area (Å²) in [6, 6.07) is 22.2. The molecule has 0 N–H and O–H groups in total. The number of hydrogen-bond acceptors (Lipinski definition) is 5. The van der Waals surface area contributed by atoms with Gasteiger partial charge in [-0.2, -0.15) is 0 Å². The summed E-state index contributed by atoms with van der Waals surface area (Å²) in [7, 11) is 1.91. The van der Waals surface area contributed by atoms with Gasteiger partial charge in [-0.1, -0.05) is 54.2 Å². The van der Waals surface area contributed by atoms with Gasteiger partial charge < -0.3 is 9.32 Å². The molecule has 32 heavy (non-hydrogen) atoms. The lowest BCUT2D eigenvalue weighted by atomic mass is 9.87. The van der Waals surface area contributed by atoms with Crippen molar-refractivity contribution in [2.24, 2.45) is 0 Å². The van der Waals surface area contributed by atoms with E-state index in [-0.39, 0.29) is 17.7 Å². The molecule has 7 heteroatoms. The molecule has 2 aromatic carbocycles. The zero-order valence-corrected chi connectivity index (χ0v) is 18.7. The van der Waals surface area contributed by atoms with E-state index in [1.165, 1.54) is 22.9 Å². The highest BCUT2D eigenvalue weighted by Gasteiger charge is 2.27. The summed E-state index contributed by atoms with van der Waals surface area (Å²) in [5.74, 6) is 1.62. The second-order valence-electron chi connectivity index (χ2n) is 7.85. The maximum Gasteiger partial charge on any atom is 0.233 e. The molecule has 162 valence electrons. The van der Waals surface area contributed by atoms with E-state index >= 15 is 0 Å². The first-order valence-corrected chi connectivity index (χ1v) is 11.7. The van der Waals surface area contributed by atoms with Gasteiger partial charge in [-0.3, -0.25) is 9.36 Å². The number of aromatic nitrogens is 3. The van der Waals surface area contributed by atoms with Crippen molar-refractivity contribution in [1.29, 1.82) is 0 Å². The molecule has 4 aromatic rings. The minimum Gasteiger partial charge on any atom is -0.461 e. The molecule has 1 atom stereocenters. The maximum absolute atomic E-state index is 13.1. The number of carbonyl (C=O) groups is 1. The molecule has 0 saturated heterocycles. The summed E-state index contributed by atoms with van der Waals surface area (Å²) in [5, 5.41) is 9.38. The zero-order valence-electron chi connectivity index (χ0n) is 17.8. The average Bonchev–Trinajstić information content (AvgIpc) is 3.52. The predicted molar refractivity (Wildman–Crippen MR) is 125 cm³/mol. The number of aryl methyl sites for hydroxylation is 1. The summed E-state index contributed by atoms with van der Waals surface area (Å²) < 4.78 is 7.50. The number of rotatable bonds is 6. The Labute approximate surface area is 191 Å². The van der Waals surface area contributed by atoms with Crippen molar-refractivity contribution in [2.75, 3.05) is 12.8 Å². The molecule has 0 spiro atoms. The van der Waals surface area contributed by atoms with Crippen LogP contribution in [0.25, 0.3) is 17.3 Å². The minimum absolute atomic E-state index is 0.0823. The van der Waals surface area contributed by atoms with Crippen LogP contribution in [0.15, 0.2) is 82.6 Å². The zero-order chi connectivity index (χ0) is 21.9. The standard InChI is InChI=1S/C25H24N4O2S/c1-28(21-14-7-10-18-9-5-6-13-20(18)21)23(30)17-32-25-27-26-24(22-15-8-16-31-22)29(25)19-11-3-2-4-12-19/h2-6,8-9,11-13,15-16,21H,7,10,14,17H2,1H3/t21-/m1/s1. The number of para-hydroxylation sites is 1. The number of hydrogen-bond donors (Lipinski definition) is 0. The predicted octanol–water partition coefficient (Wildman–Crippen LogP) is 5.16. The first-order chi connectivity index (χ1) is 15.7. The third kappa shape index (κ3) is 3.96. The average molecular weight is 445 g/mol. The molecule has 0 aliphatic heterocycles. The molecule has 1 aliphatic rings. The summed E-state index contributed by atoms with van der Waals surface area (Å²) in [5.41, 5.74) is 3.54. The van der Waals surface area contributed by atoms with Gasteiger partial charge in [-0.25, -0.2) is 0 Å². The van der Waals surface area contributed by atoms with Crippen LogP contribution in [-0.4, -0.2) is 38.4 Å². The Kier molecular flexibility index (Phi) is 5.81. The first-order valence-electron chi connectivity index (χ1n) is 10.7. The van der Waals surface area contributed by atoms with Crippen molar-refractivity contribution >= 4 is 17.7 Å². The van der Waals surface area contributed by atoms with E-state index in [0.717, 1.165) is 24.9 Å². The van der Waals surface area contributed by atoms with Gasteiger partial charge in [0.2, 0.25) is 11.7 Å². The first kappa shape index (κ1) is 20.6. The monoisotopic (exact) mass is 444 g/mol. The topological polar surface area (TPSA) is 64.2 Å². The van der Waals surface area contributed by atoms with Crippen molar-refractivity contribution in [2.45, 2.75) is 30.5 Å². The van der Waals surface area contributed by atoms with E-state index in [2.05, 4.69) is 34.5 Å². The fourth-order valence-electron chi connectivity index (χ4n) is 4.27. The van der Waals surface area contributed by atoms with Gasteiger partial charge in [0.1, 0.15) is 0 Å². The van der Waals surface area contributed by atoms with Crippen LogP contribution >= 0.6 is 11.8 Å². The van der Waals surface area contributed by atoms with Crippen LogP contribution < -0.4 is 0 Å². The lowest BCUT2D eigenvalue weighted by Crippen LogP contribution is -2.34. The Morgan fingerprint density at radius 3 is 2.72 bits per heavy atom. The van der Waals surface area contributed by atoms with E-state index in [0.29, 0.717) is 16.7 Å². The van der Waals surface area contributed by atoms with Crippen LogP contribution in [0.3, 0.4) is 0 Å². The van der Waals surface area contributed by atoms with E-state index in [4.69, 9.17) is 4.42 Å². The van der Waals surface area contributed by atoms with Gasteiger partial charge in [0.05, 0.1) is 18.1 Å². The van der Waals surface area contributed by atoms with Crippen molar-refractivity contribution in [3.63, 3.8) is 0 Å². The molecule has 0 bridgehead atoms. The third-order valence-electron chi connectivity index (χ3n) is 5.91. The number of nitrogens with zero attached hydrogens (tertiary/aromatic N) is 4. The molecule has 2 aromatic heterocycles. The third-order valence-corrected chi connectivity index (χ3v) is 6.83. The molecule has 6 nitrogen and oxygen atoms in total. The van der Waals surface area contributed by atoms with Crippen LogP contribution in [-0.2, 0) is 11.2 Å². The summed E-state index contributed by atoms with van der Waals surface area (Å²) >= 11 is 1.40. The quantitative estimate of drug-likeness (QED) is 0.385. The van der Waals surface area contributed by atoms with Crippen LogP contribution in [0.4, 0.5) is 0 Å². The Balaban J connectivity index is 1.37. The van der Waals surface area contributed by atoms with Crippen LogP contribution in [0.1, 0.15) is 30.0 Å². The maximum atomic E-state index is 13.1. The number of furan rings is 1. The van der Waals surface area contributed by atoms with Crippen LogP contribution in [0.2, 0.25) is 0 Å².